The fraction of sp³-hybridized carbons (Fsp3) is 0.433. The van der Waals surface area contributed by atoms with Crippen molar-refractivity contribution in [2.24, 2.45) is 5.92 Å². The van der Waals surface area contributed by atoms with Crippen LogP contribution in [0.4, 0.5) is 4.79 Å². The molecular formula is C30H35N5O5. The molecule has 1 saturated carbocycles. The quantitative estimate of drug-likeness (QED) is 0.419. The summed E-state index contributed by atoms with van der Waals surface area (Å²) < 4.78 is 5.24. The second-order valence-electron chi connectivity index (χ2n) is 11.7. The largest absolute Gasteiger partial charge is 0.478 e. The van der Waals surface area contributed by atoms with E-state index in [4.69, 9.17) is 4.52 Å². The van der Waals surface area contributed by atoms with Crippen LogP contribution in [0.5, 0.6) is 0 Å². The molecule has 3 aromatic rings. The van der Waals surface area contributed by atoms with Crippen LogP contribution in [0, 0.1) is 19.8 Å². The second-order valence-corrected chi connectivity index (χ2v) is 11.7. The predicted molar refractivity (Wildman–Crippen MR) is 148 cm³/mol. The number of nitrogens with zero attached hydrogens (tertiary/aromatic N) is 3. The number of nitrogens with one attached hydrogen (secondary N) is 2. The Morgan fingerprint density at radius 3 is 2.55 bits per heavy atom. The molecule has 1 fully saturated rings. The van der Waals surface area contributed by atoms with Gasteiger partial charge in [0.05, 0.1) is 17.4 Å². The lowest BCUT2D eigenvalue weighted by Crippen LogP contribution is -2.50. The first kappa shape index (κ1) is 27.4. The van der Waals surface area contributed by atoms with Gasteiger partial charge in [0.1, 0.15) is 0 Å². The van der Waals surface area contributed by atoms with E-state index in [1.807, 2.05) is 45.9 Å². The number of benzene rings is 2. The molecule has 1 aliphatic carbocycles. The maximum Gasteiger partial charge on any atom is 0.335 e. The summed E-state index contributed by atoms with van der Waals surface area (Å²) in [5.41, 5.74) is 5.38. The highest BCUT2D eigenvalue weighted by Gasteiger charge is 2.47. The first-order chi connectivity index (χ1) is 18.9. The lowest BCUT2D eigenvalue weighted by molar-refractivity contribution is -0.122. The van der Waals surface area contributed by atoms with Crippen LogP contribution in [0.15, 0.2) is 34.9 Å². The Morgan fingerprint density at radius 2 is 1.88 bits per heavy atom. The minimum absolute atomic E-state index is 0.0569. The zero-order valence-electron chi connectivity index (χ0n) is 23.5. The number of aromatic carboxylic acids is 1. The van der Waals surface area contributed by atoms with Gasteiger partial charge in [0.2, 0.25) is 11.8 Å². The highest BCUT2D eigenvalue weighted by atomic mass is 16.5. The number of carbonyl (C=O) groups excluding carboxylic acids is 2. The Balaban J connectivity index is 1.43. The number of hydrogen-bond donors (Lipinski definition) is 3. The Bertz CT molecular complexity index is 1490. The average molecular weight is 546 g/mol. The fourth-order valence-corrected chi connectivity index (χ4v) is 5.43. The SMILES string of the molecule is Cc1noc(C2CC2C(=O)NCc2ccc(-c3cccc(C(=O)O)c3C)c3c2CN(C(=O)NC(C)(C)C)CC3)n1. The molecule has 2 heterocycles. The lowest BCUT2D eigenvalue weighted by Gasteiger charge is -2.34. The van der Waals surface area contributed by atoms with Crippen molar-refractivity contribution in [1.29, 1.82) is 0 Å². The van der Waals surface area contributed by atoms with Crippen molar-refractivity contribution in [3.05, 3.63) is 69.9 Å². The van der Waals surface area contributed by atoms with E-state index >= 15 is 0 Å². The Hall–Kier alpha value is -4.21. The number of carbonyl (C=O) groups is 3. The molecule has 0 saturated heterocycles. The topological polar surface area (TPSA) is 138 Å². The number of hydrogen-bond acceptors (Lipinski definition) is 6. The van der Waals surface area contributed by atoms with Crippen LogP contribution < -0.4 is 10.6 Å². The van der Waals surface area contributed by atoms with Gasteiger partial charge in [-0.15, -0.1) is 0 Å². The molecule has 5 rings (SSSR count). The third kappa shape index (κ3) is 5.57. The van der Waals surface area contributed by atoms with E-state index < -0.39 is 5.97 Å². The highest BCUT2D eigenvalue weighted by molar-refractivity contribution is 5.92. The predicted octanol–water partition coefficient (Wildman–Crippen LogP) is 4.34. The molecule has 2 unspecified atom stereocenters. The summed E-state index contributed by atoms with van der Waals surface area (Å²) in [5.74, 6) is -0.242. The summed E-state index contributed by atoms with van der Waals surface area (Å²) >= 11 is 0. The molecule has 10 heteroatoms. The summed E-state index contributed by atoms with van der Waals surface area (Å²) in [6.07, 6.45) is 1.28. The molecule has 0 bridgehead atoms. The van der Waals surface area contributed by atoms with E-state index in [1.54, 1.807) is 24.0 Å². The molecule has 2 aliphatic rings. The minimum Gasteiger partial charge on any atom is -0.478 e. The van der Waals surface area contributed by atoms with Gasteiger partial charge in [-0.25, -0.2) is 9.59 Å². The molecule has 40 heavy (non-hydrogen) atoms. The molecule has 210 valence electrons. The number of carboxylic acid groups (broad SMARTS) is 1. The van der Waals surface area contributed by atoms with Crippen LogP contribution in [-0.2, 0) is 24.3 Å². The van der Waals surface area contributed by atoms with Gasteiger partial charge in [-0.1, -0.05) is 29.4 Å². The average Bonchev–Trinajstić information content (AvgIpc) is 3.58. The number of aryl methyl sites for hydroxylation is 1. The van der Waals surface area contributed by atoms with E-state index in [0.717, 1.165) is 27.8 Å². The fourth-order valence-electron chi connectivity index (χ4n) is 5.43. The van der Waals surface area contributed by atoms with E-state index in [0.29, 0.717) is 49.8 Å². The lowest BCUT2D eigenvalue weighted by atomic mass is 9.85. The third-order valence-electron chi connectivity index (χ3n) is 7.57. The van der Waals surface area contributed by atoms with Gasteiger partial charge in [-0.05, 0) is 86.9 Å². The van der Waals surface area contributed by atoms with Crippen molar-refractivity contribution in [2.45, 2.75) is 72.0 Å². The molecule has 10 nitrogen and oxygen atoms in total. The zero-order valence-corrected chi connectivity index (χ0v) is 23.5. The van der Waals surface area contributed by atoms with Crippen LogP contribution in [0.2, 0.25) is 0 Å². The second kappa shape index (κ2) is 10.4. The van der Waals surface area contributed by atoms with E-state index in [-0.39, 0.29) is 34.9 Å². The molecule has 2 aromatic carbocycles. The zero-order chi connectivity index (χ0) is 28.8. The minimum atomic E-state index is -0.966. The van der Waals surface area contributed by atoms with Crippen LogP contribution in [-0.4, -0.2) is 50.1 Å². The van der Waals surface area contributed by atoms with E-state index in [9.17, 15) is 19.5 Å². The molecule has 0 radical (unpaired) electrons. The number of carboxylic acids is 1. The van der Waals surface area contributed by atoms with Gasteiger partial charge in [0.15, 0.2) is 5.82 Å². The smallest absolute Gasteiger partial charge is 0.335 e. The summed E-state index contributed by atoms with van der Waals surface area (Å²) in [4.78, 5) is 43.9. The molecule has 2 atom stereocenters. The summed E-state index contributed by atoms with van der Waals surface area (Å²) in [5, 5.41) is 19.6. The van der Waals surface area contributed by atoms with Gasteiger partial charge in [-0.2, -0.15) is 4.98 Å². The summed E-state index contributed by atoms with van der Waals surface area (Å²) in [7, 11) is 0. The number of aromatic nitrogens is 2. The molecular weight excluding hydrogens is 510 g/mol. The first-order valence-corrected chi connectivity index (χ1v) is 13.5. The number of rotatable bonds is 6. The maximum atomic E-state index is 13.1. The van der Waals surface area contributed by atoms with Crippen LogP contribution in [0.25, 0.3) is 11.1 Å². The van der Waals surface area contributed by atoms with Gasteiger partial charge in [-0.3, -0.25) is 4.79 Å². The number of fused-ring (bicyclic) bond motifs is 1. The van der Waals surface area contributed by atoms with Crippen LogP contribution in [0.3, 0.4) is 0 Å². The normalized spacial score (nSPS) is 18.2. The van der Waals surface area contributed by atoms with Crippen molar-refractivity contribution in [3.63, 3.8) is 0 Å². The molecule has 1 aliphatic heterocycles. The van der Waals surface area contributed by atoms with Gasteiger partial charge >= 0.3 is 12.0 Å². The maximum absolute atomic E-state index is 13.1. The van der Waals surface area contributed by atoms with Crippen molar-refractivity contribution in [1.82, 2.24) is 25.7 Å². The van der Waals surface area contributed by atoms with Gasteiger partial charge < -0.3 is 25.2 Å². The summed E-state index contributed by atoms with van der Waals surface area (Å²) in [6.45, 7) is 10.6. The molecule has 1 aromatic heterocycles. The number of amides is 3. The Labute approximate surface area is 233 Å². The van der Waals surface area contributed by atoms with Crippen molar-refractivity contribution >= 4 is 17.9 Å². The van der Waals surface area contributed by atoms with E-state index in [1.165, 1.54) is 0 Å². The van der Waals surface area contributed by atoms with E-state index in [2.05, 4.69) is 20.8 Å². The standard InChI is InChI=1S/C30H35N5O5/c1-16-19(7-6-8-20(16)28(37)38)21-10-9-18(14-31-26(36)23-13-24(23)27-32-17(2)34-40-27)25-15-35(12-11-22(21)25)29(39)33-30(3,4)5/h6-10,23-24H,11-15H2,1-5H3,(H,31,36)(H,33,39)(H,37,38). The Kier molecular flexibility index (Phi) is 7.12. The van der Waals surface area contributed by atoms with Crippen LogP contribution in [0.1, 0.15) is 77.4 Å². The third-order valence-corrected chi connectivity index (χ3v) is 7.57. The van der Waals surface area contributed by atoms with Gasteiger partial charge in [0.25, 0.3) is 0 Å². The van der Waals surface area contributed by atoms with Crippen molar-refractivity contribution in [2.75, 3.05) is 6.54 Å². The highest BCUT2D eigenvalue weighted by Crippen LogP contribution is 2.47. The van der Waals surface area contributed by atoms with Gasteiger partial charge in [0, 0.05) is 25.2 Å². The van der Waals surface area contributed by atoms with Crippen LogP contribution >= 0.6 is 0 Å². The monoisotopic (exact) mass is 545 g/mol. The molecule has 0 spiro atoms. The Morgan fingerprint density at radius 1 is 1.10 bits per heavy atom. The van der Waals surface area contributed by atoms with Crippen molar-refractivity contribution < 1.29 is 24.0 Å². The molecule has 3 N–H and O–H groups in total. The number of urea groups is 1. The summed E-state index contributed by atoms with van der Waals surface area (Å²) in [6, 6.07) is 9.13. The first-order valence-electron chi connectivity index (χ1n) is 13.5. The molecule has 3 amide bonds. The van der Waals surface area contributed by atoms with Crippen molar-refractivity contribution in [3.8, 4) is 11.1 Å².